The van der Waals surface area contributed by atoms with Crippen LogP contribution in [0.15, 0.2) is 0 Å². The summed E-state index contributed by atoms with van der Waals surface area (Å²) in [4.78, 5) is 0. The smallest absolute Gasteiger partial charge is 0.0622 e. The molecule has 0 radical (unpaired) electrons. The molecule has 5 rings (SSSR count). The standard InChI is InChI=1S/C23H38O2/c1-13(12-24)20-18-10-19(18)21-17-5-4-14-11-22(2,25)8-6-15(14)16(17)7-9-23(20,21)3/h13-21,24-25H,4-12H2,1-3H3/t13?,14-,15+,16-,17-,18+,19-,20+,21-,22-,23-/m1/s1. The Kier molecular flexibility index (Phi) is 3.73. The van der Waals surface area contributed by atoms with Gasteiger partial charge in [0.2, 0.25) is 0 Å². The zero-order valence-corrected chi connectivity index (χ0v) is 16.5. The van der Waals surface area contributed by atoms with Gasteiger partial charge in [-0.05, 0) is 117 Å². The SMILES string of the molecule is CC(CO)[C@H]1[C@H]2C[C@H]2[C@H]2[C@@H]3CC[C@@H]4C[C@](C)(O)CC[C@@H]4[C@H]3CC[C@@]21C. The molecule has 0 aromatic heterocycles. The lowest BCUT2D eigenvalue weighted by atomic mass is 9.47. The van der Waals surface area contributed by atoms with E-state index in [0.29, 0.717) is 17.9 Å². The first-order valence-electron chi connectivity index (χ1n) is 11.2. The van der Waals surface area contributed by atoms with Crippen molar-refractivity contribution in [1.29, 1.82) is 0 Å². The van der Waals surface area contributed by atoms with E-state index in [2.05, 4.69) is 20.8 Å². The van der Waals surface area contributed by atoms with Gasteiger partial charge in [0.25, 0.3) is 0 Å². The Balaban J connectivity index is 1.41. The Morgan fingerprint density at radius 2 is 1.68 bits per heavy atom. The van der Waals surface area contributed by atoms with Crippen LogP contribution in [0.25, 0.3) is 0 Å². The molecule has 5 saturated carbocycles. The molecule has 0 aliphatic heterocycles. The molecule has 142 valence electrons. The van der Waals surface area contributed by atoms with Gasteiger partial charge in [0.1, 0.15) is 0 Å². The molecule has 5 aliphatic carbocycles. The summed E-state index contributed by atoms with van der Waals surface area (Å²) in [6.45, 7) is 7.36. The first-order valence-corrected chi connectivity index (χ1v) is 11.2. The highest BCUT2D eigenvalue weighted by atomic mass is 16.3. The molecule has 0 amide bonds. The van der Waals surface area contributed by atoms with Crippen LogP contribution in [0, 0.1) is 58.7 Å². The molecule has 11 atom stereocenters. The van der Waals surface area contributed by atoms with Gasteiger partial charge in [-0.3, -0.25) is 0 Å². The number of aliphatic hydroxyl groups excluding tert-OH is 1. The number of rotatable bonds is 2. The first kappa shape index (κ1) is 17.0. The summed E-state index contributed by atoms with van der Waals surface area (Å²) < 4.78 is 0. The lowest BCUT2D eigenvalue weighted by Crippen LogP contribution is -2.52. The zero-order valence-electron chi connectivity index (χ0n) is 16.5. The zero-order chi connectivity index (χ0) is 17.6. The van der Waals surface area contributed by atoms with E-state index in [9.17, 15) is 10.2 Å². The van der Waals surface area contributed by atoms with Gasteiger partial charge in [-0.25, -0.2) is 0 Å². The lowest BCUT2D eigenvalue weighted by molar-refractivity contribution is -0.112. The van der Waals surface area contributed by atoms with E-state index in [1.54, 1.807) is 0 Å². The molecular formula is C23H38O2. The second kappa shape index (κ2) is 5.47. The Morgan fingerprint density at radius 1 is 0.920 bits per heavy atom. The molecule has 0 heterocycles. The molecule has 25 heavy (non-hydrogen) atoms. The molecule has 0 saturated heterocycles. The molecule has 2 heteroatoms. The molecule has 0 aromatic carbocycles. The second-order valence-corrected chi connectivity index (χ2v) is 11.4. The van der Waals surface area contributed by atoms with E-state index >= 15 is 0 Å². The molecule has 1 unspecified atom stereocenters. The Hall–Kier alpha value is -0.0800. The van der Waals surface area contributed by atoms with Crippen LogP contribution < -0.4 is 0 Å². The van der Waals surface area contributed by atoms with E-state index < -0.39 is 5.60 Å². The van der Waals surface area contributed by atoms with Gasteiger partial charge in [0.15, 0.2) is 0 Å². The summed E-state index contributed by atoms with van der Waals surface area (Å²) in [6, 6.07) is 0. The highest BCUT2D eigenvalue weighted by Gasteiger charge is 2.69. The highest BCUT2D eigenvalue weighted by molar-refractivity contribution is 5.18. The molecule has 2 nitrogen and oxygen atoms in total. The quantitative estimate of drug-likeness (QED) is 0.773. The van der Waals surface area contributed by atoms with Crippen molar-refractivity contribution in [2.75, 3.05) is 6.61 Å². The second-order valence-electron chi connectivity index (χ2n) is 11.4. The summed E-state index contributed by atoms with van der Waals surface area (Å²) in [5.41, 5.74) is 0.109. The van der Waals surface area contributed by atoms with Gasteiger partial charge in [-0.1, -0.05) is 13.8 Å². The van der Waals surface area contributed by atoms with Gasteiger partial charge in [0.05, 0.1) is 5.60 Å². The molecular weight excluding hydrogens is 308 g/mol. The van der Waals surface area contributed by atoms with Crippen molar-refractivity contribution in [3.63, 3.8) is 0 Å². The highest BCUT2D eigenvalue weighted by Crippen LogP contribution is 2.75. The third-order valence-electron chi connectivity index (χ3n) is 10.0. The van der Waals surface area contributed by atoms with Gasteiger partial charge >= 0.3 is 0 Å². The van der Waals surface area contributed by atoms with Crippen LogP contribution >= 0.6 is 0 Å². The summed E-state index contributed by atoms with van der Waals surface area (Å²) >= 11 is 0. The predicted molar refractivity (Wildman–Crippen MR) is 99.8 cm³/mol. The predicted octanol–water partition coefficient (Wildman–Crippen LogP) is 4.49. The fourth-order valence-corrected chi connectivity index (χ4v) is 9.29. The largest absolute Gasteiger partial charge is 0.396 e. The molecule has 0 bridgehead atoms. The average Bonchev–Trinajstić information content (AvgIpc) is 3.27. The van der Waals surface area contributed by atoms with E-state index in [0.717, 1.165) is 60.2 Å². The van der Waals surface area contributed by atoms with Gasteiger partial charge in [-0.2, -0.15) is 0 Å². The number of fused-ring (bicyclic) bond motifs is 7. The van der Waals surface area contributed by atoms with Crippen molar-refractivity contribution in [3.8, 4) is 0 Å². The van der Waals surface area contributed by atoms with Crippen LogP contribution in [-0.2, 0) is 0 Å². The number of hydrogen-bond donors (Lipinski definition) is 2. The third kappa shape index (κ3) is 2.35. The van der Waals surface area contributed by atoms with Crippen LogP contribution in [0.4, 0.5) is 0 Å². The van der Waals surface area contributed by atoms with Gasteiger partial charge in [-0.15, -0.1) is 0 Å². The van der Waals surface area contributed by atoms with Crippen LogP contribution in [0.3, 0.4) is 0 Å². The minimum atomic E-state index is -0.395. The molecule has 0 spiro atoms. The van der Waals surface area contributed by atoms with Crippen molar-refractivity contribution in [2.24, 2.45) is 58.7 Å². The monoisotopic (exact) mass is 346 g/mol. The van der Waals surface area contributed by atoms with E-state index in [1.807, 2.05) is 0 Å². The maximum absolute atomic E-state index is 10.5. The fourth-order valence-electron chi connectivity index (χ4n) is 9.29. The van der Waals surface area contributed by atoms with Crippen molar-refractivity contribution in [1.82, 2.24) is 0 Å². The summed E-state index contributed by atoms with van der Waals surface area (Å²) in [6.07, 6.45) is 10.4. The van der Waals surface area contributed by atoms with Crippen LogP contribution in [0.2, 0.25) is 0 Å². The van der Waals surface area contributed by atoms with Crippen molar-refractivity contribution in [2.45, 2.75) is 77.7 Å². The number of aliphatic hydroxyl groups is 2. The summed E-state index contributed by atoms with van der Waals surface area (Å²) in [5, 5.41) is 20.4. The number of hydrogen-bond acceptors (Lipinski definition) is 2. The minimum Gasteiger partial charge on any atom is -0.396 e. The van der Waals surface area contributed by atoms with Crippen molar-refractivity contribution < 1.29 is 10.2 Å². The van der Waals surface area contributed by atoms with E-state index in [4.69, 9.17) is 0 Å². The topological polar surface area (TPSA) is 40.5 Å². The third-order valence-corrected chi connectivity index (χ3v) is 10.0. The Bertz CT molecular complexity index is 542. The van der Waals surface area contributed by atoms with E-state index in [-0.39, 0.29) is 0 Å². The Labute approximate surface area is 153 Å². The molecule has 2 N–H and O–H groups in total. The maximum Gasteiger partial charge on any atom is 0.0622 e. The van der Waals surface area contributed by atoms with E-state index in [1.165, 1.54) is 38.5 Å². The van der Waals surface area contributed by atoms with Crippen LogP contribution in [-0.4, -0.2) is 22.4 Å². The minimum absolute atomic E-state index is 0.379. The molecule has 0 aromatic rings. The van der Waals surface area contributed by atoms with Crippen molar-refractivity contribution in [3.05, 3.63) is 0 Å². The summed E-state index contributed by atoms with van der Waals surface area (Å²) in [7, 11) is 0. The normalized spacial score (nSPS) is 60.8. The first-order chi connectivity index (χ1) is 11.9. The maximum atomic E-state index is 10.5. The van der Waals surface area contributed by atoms with Gasteiger partial charge < -0.3 is 10.2 Å². The fraction of sp³-hybridized carbons (Fsp3) is 1.00. The van der Waals surface area contributed by atoms with Crippen molar-refractivity contribution >= 4 is 0 Å². The van der Waals surface area contributed by atoms with Gasteiger partial charge in [0, 0.05) is 6.61 Å². The molecule has 5 aliphatic rings. The Morgan fingerprint density at radius 3 is 2.44 bits per heavy atom. The molecule has 5 fully saturated rings. The van der Waals surface area contributed by atoms with Crippen LogP contribution in [0.5, 0.6) is 0 Å². The van der Waals surface area contributed by atoms with Crippen LogP contribution in [0.1, 0.15) is 72.1 Å². The lowest BCUT2D eigenvalue weighted by Gasteiger charge is -2.58. The summed E-state index contributed by atoms with van der Waals surface area (Å²) in [5.74, 6) is 7.71. The average molecular weight is 347 g/mol.